The Kier molecular flexibility index (Phi) is 4.93. The van der Waals surface area contributed by atoms with Crippen molar-refractivity contribution in [2.75, 3.05) is 4.90 Å². The maximum absolute atomic E-state index is 13.5. The van der Waals surface area contributed by atoms with Crippen molar-refractivity contribution >= 4 is 72.6 Å². The lowest BCUT2D eigenvalue weighted by Crippen LogP contribution is -2.30. The lowest BCUT2D eigenvalue weighted by molar-refractivity contribution is -0.117. The smallest absolute Gasteiger partial charge is 0.296 e. The number of thiophene rings is 1. The molecule has 1 amide bonds. The van der Waals surface area contributed by atoms with Crippen LogP contribution in [-0.2, 0) is 4.79 Å². The van der Waals surface area contributed by atoms with E-state index in [2.05, 4.69) is 9.97 Å². The molecule has 1 aliphatic heterocycles. The first-order chi connectivity index (χ1) is 14.8. The number of anilines is 1. The molecule has 0 fully saturated rings. The largest absolute Gasteiger partial charge is 0.503 e. The highest BCUT2D eigenvalue weighted by molar-refractivity contribution is 7.22. The van der Waals surface area contributed by atoms with Gasteiger partial charge in [-0.05, 0) is 43.5 Å². The summed E-state index contributed by atoms with van der Waals surface area (Å²) in [7, 11) is 0. The summed E-state index contributed by atoms with van der Waals surface area (Å²) in [6.45, 7) is 3.57. The average Bonchev–Trinajstić information content (AvgIpc) is 3.48. The highest BCUT2D eigenvalue weighted by atomic mass is 35.5. The van der Waals surface area contributed by atoms with Crippen LogP contribution in [0.15, 0.2) is 47.0 Å². The number of thiazole rings is 2. The Hall–Kier alpha value is -2.59. The first-order valence-electron chi connectivity index (χ1n) is 9.20. The van der Waals surface area contributed by atoms with Crippen molar-refractivity contribution in [1.29, 1.82) is 0 Å². The van der Waals surface area contributed by atoms with Gasteiger partial charge in [0.15, 0.2) is 10.9 Å². The zero-order valence-corrected chi connectivity index (χ0v) is 19.5. The number of aliphatic hydroxyl groups is 1. The van der Waals surface area contributed by atoms with E-state index in [9.17, 15) is 14.7 Å². The first-order valence-corrected chi connectivity index (χ1v) is 12.1. The molecular weight excluding hydrogens is 474 g/mol. The van der Waals surface area contributed by atoms with Crippen molar-refractivity contribution in [1.82, 2.24) is 9.97 Å². The van der Waals surface area contributed by atoms with Crippen LogP contribution in [0.1, 0.15) is 31.3 Å². The van der Waals surface area contributed by atoms with Gasteiger partial charge in [0, 0.05) is 9.90 Å². The standard InChI is InChI=1S/C21H14ClN3O3S3/c1-9-19(30-10(2)23-9)17(26)15-16(13-4-3-7-29-13)25(20(28)18(15)27)21-24-12-6-5-11(22)8-14(12)31-21/h3-8,16,27H,1-2H3/t16-/m1/s1. The van der Waals surface area contributed by atoms with E-state index in [4.69, 9.17) is 11.6 Å². The zero-order chi connectivity index (χ0) is 21.9. The molecule has 6 nitrogen and oxygen atoms in total. The van der Waals surface area contributed by atoms with Gasteiger partial charge in [-0.25, -0.2) is 9.97 Å². The molecule has 1 aliphatic rings. The van der Waals surface area contributed by atoms with Crippen LogP contribution in [0.25, 0.3) is 10.2 Å². The first kappa shape index (κ1) is 20.3. The molecule has 1 N–H and O–H groups in total. The summed E-state index contributed by atoms with van der Waals surface area (Å²) < 4.78 is 0.813. The quantitative estimate of drug-likeness (QED) is 0.364. The number of benzene rings is 1. The Labute approximate surface area is 194 Å². The van der Waals surface area contributed by atoms with Gasteiger partial charge in [0.1, 0.15) is 6.04 Å². The number of aromatic nitrogens is 2. The summed E-state index contributed by atoms with van der Waals surface area (Å²) in [5.74, 6) is -1.59. The van der Waals surface area contributed by atoms with Crippen LogP contribution < -0.4 is 4.90 Å². The number of amides is 1. The fourth-order valence-electron chi connectivity index (χ4n) is 3.60. The third-order valence-corrected chi connectivity index (χ3v) is 8.17. The summed E-state index contributed by atoms with van der Waals surface area (Å²) >= 11 is 10.1. The summed E-state index contributed by atoms with van der Waals surface area (Å²) in [6, 6.07) is 8.22. The van der Waals surface area contributed by atoms with E-state index < -0.39 is 17.7 Å². The van der Waals surface area contributed by atoms with E-state index in [1.165, 1.54) is 38.9 Å². The molecule has 156 valence electrons. The Morgan fingerprint density at radius 3 is 2.68 bits per heavy atom. The molecule has 0 saturated carbocycles. The van der Waals surface area contributed by atoms with Gasteiger partial charge >= 0.3 is 0 Å². The van der Waals surface area contributed by atoms with Crippen molar-refractivity contribution < 1.29 is 14.7 Å². The summed E-state index contributed by atoms with van der Waals surface area (Å²) in [5.41, 5.74) is 1.32. The molecule has 10 heteroatoms. The summed E-state index contributed by atoms with van der Waals surface area (Å²) in [5, 5.41) is 14.4. The number of hydrogen-bond donors (Lipinski definition) is 1. The van der Waals surface area contributed by atoms with Gasteiger partial charge in [0.2, 0.25) is 5.78 Å². The van der Waals surface area contributed by atoms with Crippen molar-refractivity contribution in [3.05, 3.63) is 72.5 Å². The number of hydrogen-bond acceptors (Lipinski definition) is 8. The summed E-state index contributed by atoms with van der Waals surface area (Å²) in [4.78, 5) is 38.2. The van der Waals surface area contributed by atoms with Crippen molar-refractivity contribution in [2.45, 2.75) is 19.9 Å². The lowest BCUT2D eigenvalue weighted by Gasteiger charge is -2.22. The predicted molar refractivity (Wildman–Crippen MR) is 125 cm³/mol. The molecule has 0 saturated heterocycles. The van der Waals surface area contributed by atoms with E-state index in [0.717, 1.165) is 14.6 Å². The second-order valence-electron chi connectivity index (χ2n) is 6.94. The number of halogens is 1. The number of fused-ring (bicyclic) bond motifs is 1. The molecule has 4 aromatic rings. The van der Waals surface area contributed by atoms with Gasteiger partial charge in [0.25, 0.3) is 5.91 Å². The number of aryl methyl sites for hydroxylation is 2. The minimum absolute atomic E-state index is 0.0523. The molecule has 5 rings (SSSR count). The van der Waals surface area contributed by atoms with E-state index in [1.54, 1.807) is 25.1 Å². The summed E-state index contributed by atoms with van der Waals surface area (Å²) in [6.07, 6.45) is 0. The molecule has 0 unspecified atom stereocenters. The number of Topliss-reactive ketones (excluding diaryl/α,β-unsaturated/α-hetero) is 1. The van der Waals surface area contributed by atoms with Gasteiger partial charge in [-0.3, -0.25) is 14.5 Å². The second kappa shape index (κ2) is 7.52. The topological polar surface area (TPSA) is 83.4 Å². The van der Waals surface area contributed by atoms with Gasteiger partial charge in [0.05, 0.1) is 31.4 Å². The molecule has 0 aliphatic carbocycles. The van der Waals surface area contributed by atoms with E-state index in [1.807, 2.05) is 24.4 Å². The SMILES string of the molecule is Cc1nc(C)c(C(=O)C2=C(O)C(=O)N(c3nc4ccc(Cl)cc4s3)[C@@H]2c2cccs2)s1. The van der Waals surface area contributed by atoms with Gasteiger partial charge in [-0.15, -0.1) is 22.7 Å². The van der Waals surface area contributed by atoms with Gasteiger partial charge < -0.3 is 5.11 Å². The highest BCUT2D eigenvalue weighted by Crippen LogP contribution is 2.46. The molecule has 3 aromatic heterocycles. The second-order valence-corrected chi connectivity index (χ2v) is 10.6. The van der Waals surface area contributed by atoms with Crippen LogP contribution in [0.4, 0.5) is 5.13 Å². The van der Waals surface area contributed by atoms with Crippen LogP contribution in [0.5, 0.6) is 0 Å². The molecule has 0 bridgehead atoms. The number of ketones is 1. The number of carbonyl (C=O) groups is 2. The van der Waals surface area contributed by atoms with Crippen molar-refractivity contribution in [2.24, 2.45) is 0 Å². The molecular formula is C21H14ClN3O3S3. The average molecular weight is 488 g/mol. The zero-order valence-electron chi connectivity index (χ0n) is 16.2. The number of rotatable bonds is 4. The Balaban J connectivity index is 1.67. The maximum Gasteiger partial charge on any atom is 0.296 e. The van der Waals surface area contributed by atoms with Gasteiger partial charge in [-0.2, -0.15) is 0 Å². The minimum atomic E-state index is -0.766. The highest BCUT2D eigenvalue weighted by Gasteiger charge is 2.47. The number of nitrogens with zero attached hydrogens (tertiary/aromatic N) is 3. The van der Waals surface area contributed by atoms with Crippen LogP contribution in [0, 0.1) is 13.8 Å². The molecule has 1 aromatic carbocycles. The fourth-order valence-corrected chi connectivity index (χ4v) is 6.57. The predicted octanol–water partition coefficient (Wildman–Crippen LogP) is 5.87. The van der Waals surface area contributed by atoms with E-state index >= 15 is 0 Å². The van der Waals surface area contributed by atoms with Crippen LogP contribution in [-0.4, -0.2) is 26.8 Å². The third kappa shape index (κ3) is 3.28. The van der Waals surface area contributed by atoms with E-state index in [-0.39, 0.29) is 11.4 Å². The molecule has 0 radical (unpaired) electrons. The maximum atomic E-state index is 13.5. The molecule has 0 spiro atoms. The molecule has 1 atom stereocenters. The Bertz CT molecular complexity index is 1390. The third-order valence-electron chi connectivity index (χ3n) is 4.92. The van der Waals surface area contributed by atoms with Crippen LogP contribution in [0.2, 0.25) is 5.02 Å². The number of carbonyl (C=O) groups excluding carboxylic acids is 2. The van der Waals surface area contributed by atoms with Crippen molar-refractivity contribution in [3.8, 4) is 0 Å². The number of aliphatic hydroxyl groups excluding tert-OH is 1. The lowest BCUT2D eigenvalue weighted by atomic mass is 10.0. The van der Waals surface area contributed by atoms with Crippen LogP contribution in [0.3, 0.4) is 0 Å². The normalized spacial score (nSPS) is 16.7. The fraction of sp³-hybridized carbons (Fsp3) is 0.143. The minimum Gasteiger partial charge on any atom is -0.503 e. The van der Waals surface area contributed by atoms with E-state index in [0.29, 0.717) is 26.2 Å². The van der Waals surface area contributed by atoms with Crippen molar-refractivity contribution in [3.63, 3.8) is 0 Å². The monoisotopic (exact) mass is 487 g/mol. The van der Waals surface area contributed by atoms with Crippen LogP contribution >= 0.6 is 45.6 Å². The Morgan fingerprint density at radius 1 is 1.19 bits per heavy atom. The molecule has 4 heterocycles. The van der Waals surface area contributed by atoms with Gasteiger partial charge in [-0.1, -0.05) is 29.0 Å². The molecule has 31 heavy (non-hydrogen) atoms. The Morgan fingerprint density at radius 2 is 2.00 bits per heavy atom.